The number of aryl methyl sites for hydroxylation is 1. The number of phenols is 1. The van der Waals surface area contributed by atoms with E-state index in [4.69, 9.17) is 0 Å². The van der Waals surface area contributed by atoms with Crippen molar-refractivity contribution in [1.29, 1.82) is 0 Å². The van der Waals surface area contributed by atoms with E-state index in [9.17, 15) is 9.90 Å². The van der Waals surface area contributed by atoms with Crippen LogP contribution < -0.4 is 21.1 Å². The fourth-order valence-corrected chi connectivity index (χ4v) is 3.83. The van der Waals surface area contributed by atoms with Gasteiger partial charge in [0.15, 0.2) is 0 Å². The number of carbonyl (C=O) groups excluding carboxylic acids is 1. The molecular formula is C21H26N4O2. The van der Waals surface area contributed by atoms with E-state index in [1.165, 1.54) is 5.56 Å². The van der Waals surface area contributed by atoms with Crippen molar-refractivity contribution in [3.05, 3.63) is 53.6 Å². The van der Waals surface area contributed by atoms with Crippen LogP contribution in [0.5, 0.6) is 5.75 Å². The van der Waals surface area contributed by atoms with Crippen LogP contribution in [0.1, 0.15) is 42.9 Å². The molecule has 2 aromatic carbocycles. The third-order valence-corrected chi connectivity index (χ3v) is 5.37. The maximum absolute atomic E-state index is 12.1. The molecule has 2 fully saturated rings. The second-order valence-corrected chi connectivity index (χ2v) is 7.37. The van der Waals surface area contributed by atoms with Crippen molar-refractivity contribution in [2.75, 3.05) is 16.8 Å². The first kappa shape index (κ1) is 17.8. The summed E-state index contributed by atoms with van der Waals surface area (Å²) in [7, 11) is 0. The summed E-state index contributed by atoms with van der Waals surface area (Å²) in [4.78, 5) is 14.0. The molecule has 1 amide bonds. The molecule has 4 N–H and O–H groups in total. The van der Waals surface area contributed by atoms with Gasteiger partial charge in [-0.05, 0) is 61.2 Å². The summed E-state index contributed by atoms with van der Waals surface area (Å²) in [5, 5.41) is 13.0. The number of carbonyl (C=O) groups is 1. The Morgan fingerprint density at radius 1 is 1.11 bits per heavy atom. The van der Waals surface area contributed by atoms with Crippen LogP contribution in [0.2, 0.25) is 0 Å². The highest BCUT2D eigenvalue weighted by Crippen LogP contribution is 2.28. The number of benzene rings is 2. The van der Waals surface area contributed by atoms with Gasteiger partial charge in [0.05, 0.1) is 6.17 Å². The molecule has 142 valence electrons. The Morgan fingerprint density at radius 3 is 2.67 bits per heavy atom. The van der Waals surface area contributed by atoms with Crippen LogP contribution in [0.25, 0.3) is 0 Å². The molecule has 2 unspecified atom stereocenters. The van der Waals surface area contributed by atoms with Gasteiger partial charge in [0.1, 0.15) is 5.75 Å². The Kier molecular flexibility index (Phi) is 5.01. The van der Waals surface area contributed by atoms with E-state index in [1.807, 2.05) is 30.0 Å². The van der Waals surface area contributed by atoms with Crippen molar-refractivity contribution in [3.8, 4) is 5.75 Å². The molecular weight excluding hydrogens is 340 g/mol. The summed E-state index contributed by atoms with van der Waals surface area (Å²) >= 11 is 0. The lowest BCUT2D eigenvalue weighted by atomic mass is 10.0. The van der Waals surface area contributed by atoms with E-state index in [0.29, 0.717) is 6.42 Å². The minimum atomic E-state index is 0.0987. The van der Waals surface area contributed by atoms with Gasteiger partial charge in [0.2, 0.25) is 5.91 Å². The van der Waals surface area contributed by atoms with Crippen LogP contribution in [-0.2, 0) is 4.79 Å². The first-order valence-corrected chi connectivity index (χ1v) is 9.58. The van der Waals surface area contributed by atoms with E-state index in [-0.39, 0.29) is 23.9 Å². The average Bonchev–Trinajstić information content (AvgIpc) is 3.13. The van der Waals surface area contributed by atoms with Gasteiger partial charge in [-0.2, -0.15) is 0 Å². The quantitative estimate of drug-likeness (QED) is 0.625. The van der Waals surface area contributed by atoms with E-state index < -0.39 is 0 Å². The highest BCUT2D eigenvalue weighted by Gasteiger charge is 2.26. The van der Waals surface area contributed by atoms with Crippen LogP contribution in [0.4, 0.5) is 11.4 Å². The monoisotopic (exact) mass is 366 g/mol. The lowest BCUT2D eigenvalue weighted by Gasteiger charge is -2.27. The molecule has 0 bridgehead atoms. The van der Waals surface area contributed by atoms with Crippen molar-refractivity contribution in [3.63, 3.8) is 0 Å². The van der Waals surface area contributed by atoms with E-state index in [1.54, 1.807) is 12.1 Å². The number of piperidine rings is 1. The molecule has 6 heteroatoms. The van der Waals surface area contributed by atoms with Gasteiger partial charge in [-0.3, -0.25) is 4.79 Å². The number of amides is 1. The number of phenolic OH excluding ortho intramolecular Hbond substituents is 1. The van der Waals surface area contributed by atoms with E-state index in [0.717, 1.165) is 42.7 Å². The van der Waals surface area contributed by atoms with Gasteiger partial charge in [-0.15, -0.1) is 0 Å². The molecule has 0 saturated carbocycles. The largest absolute Gasteiger partial charge is 0.508 e. The average molecular weight is 366 g/mol. The van der Waals surface area contributed by atoms with E-state index in [2.05, 4.69) is 28.3 Å². The second kappa shape index (κ2) is 7.58. The smallest absolute Gasteiger partial charge is 0.226 e. The van der Waals surface area contributed by atoms with Crippen LogP contribution in [0.15, 0.2) is 42.5 Å². The fraction of sp³-hybridized carbons (Fsp3) is 0.381. The summed E-state index contributed by atoms with van der Waals surface area (Å²) < 4.78 is 0. The SMILES string of the molecule is Cc1cc(O)ccc1NC1CC(c2ccc(N3CCCCC3=O)cc2)NN1. The van der Waals surface area contributed by atoms with Crippen LogP contribution >= 0.6 is 0 Å². The fourth-order valence-electron chi connectivity index (χ4n) is 3.83. The third kappa shape index (κ3) is 3.91. The lowest BCUT2D eigenvalue weighted by Crippen LogP contribution is -2.36. The normalized spacial score (nSPS) is 22.9. The van der Waals surface area contributed by atoms with Crippen molar-refractivity contribution in [2.45, 2.75) is 44.8 Å². The van der Waals surface area contributed by atoms with Crippen molar-refractivity contribution in [2.24, 2.45) is 0 Å². The molecule has 2 heterocycles. The molecule has 0 spiro atoms. The van der Waals surface area contributed by atoms with Crippen molar-refractivity contribution < 1.29 is 9.90 Å². The van der Waals surface area contributed by atoms with Gasteiger partial charge < -0.3 is 15.3 Å². The molecule has 6 nitrogen and oxygen atoms in total. The zero-order valence-corrected chi connectivity index (χ0v) is 15.5. The van der Waals surface area contributed by atoms with Gasteiger partial charge >= 0.3 is 0 Å². The predicted molar refractivity (Wildman–Crippen MR) is 107 cm³/mol. The Balaban J connectivity index is 1.39. The van der Waals surface area contributed by atoms with Crippen molar-refractivity contribution in [1.82, 2.24) is 10.9 Å². The molecule has 2 aliphatic heterocycles. The number of anilines is 2. The molecule has 0 radical (unpaired) electrons. The van der Waals surface area contributed by atoms with Gasteiger partial charge in [-0.1, -0.05) is 12.1 Å². The number of hydrazine groups is 1. The first-order chi connectivity index (χ1) is 13.1. The highest BCUT2D eigenvalue weighted by atomic mass is 16.3. The maximum Gasteiger partial charge on any atom is 0.226 e. The number of nitrogens with one attached hydrogen (secondary N) is 3. The van der Waals surface area contributed by atoms with Gasteiger partial charge in [0, 0.05) is 36.8 Å². The van der Waals surface area contributed by atoms with Crippen LogP contribution in [-0.4, -0.2) is 23.7 Å². The lowest BCUT2D eigenvalue weighted by molar-refractivity contribution is -0.119. The number of hydrogen-bond donors (Lipinski definition) is 4. The zero-order chi connectivity index (χ0) is 18.8. The van der Waals surface area contributed by atoms with Crippen LogP contribution in [0.3, 0.4) is 0 Å². The standard InChI is InChI=1S/C21H26N4O2/c1-14-12-17(26)9-10-18(14)22-20-13-19(23-24-20)15-5-7-16(8-6-15)25-11-3-2-4-21(25)27/h5-10,12,19-20,22-24,26H,2-4,11,13H2,1H3. The van der Waals surface area contributed by atoms with Gasteiger partial charge in [-0.25, -0.2) is 10.9 Å². The molecule has 27 heavy (non-hydrogen) atoms. The summed E-state index contributed by atoms with van der Waals surface area (Å²) in [6.07, 6.45) is 3.72. The topological polar surface area (TPSA) is 76.6 Å². The number of rotatable bonds is 4. The summed E-state index contributed by atoms with van der Waals surface area (Å²) in [6.45, 7) is 2.79. The number of hydrogen-bond acceptors (Lipinski definition) is 5. The predicted octanol–water partition coefficient (Wildman–Crippen LogP) is 3.19. The maximum atomic E-state index is 12.1. The third-order valence-electron chi connectivity index (χ3n) is 5.37. The first-order valence-electron chi connectivity index (χ1n) is 9.58. The molecule has 2 atom stereocenters. The zero-order valence-electron chi connectivity index (χ0n) is 15.5. The Hall–Kier alpha value is -2.57. The highest BCUT2D eigenvalue weighted by molar-refractivity contribution is 5.93. The molecule has 2 aliphatic rings. The van der Waals surface area contributed by atoms with Gasteiger partial charge in [0.25, 0.3) is 0 Å². The molecule has 4 rings (SSSR count). The summed E-state index contributed by atoms with van der Waals surface area (Å²) in [5.74, 6) is 0.504. The van der Waals surface area contributed by atoms with E-state index >= 15 is 0 Å². The summed E-state index contributed by atoms with van der Waals surface area (Å²) in [6, 6.07) is 13.8. The Labute approximate surface area is 159 Å². The van der Waals surface area contributed by atoms with Crippen LogP contribution in [0, 0.1) is 6.92 Å². The van der Waals surface area contributed by atoms with Crippen molar-refractivity contribution >= 4 is 17.3 Å². The minimum absolute atomic E-state index is 0.0987. The Bertz CT molecular complexity index is 821. The Morgan fingerprint density at radius 2 is 1.93 bits per heavy atom. The second-order valence-electron chi connectivity index (χ2n) is 7.37. The summed E-state index contributed by atoms with van der Waals surface area (Å²) in [5.41, 5.74) is 10.8. The minimum Gasteiger partial charge on any atom is -0.508 e. The molecule has 0 aromatic heterocycles. The number of aromatic hydroxyl groups is 1. The molecule has 0 aliphatic carbocycles. The number of nitrogens with zero attached hydrogens (tertiary/aromatic N) is 1. The molecule has 2 aromatic rings. The molecule has 2 saturated heterocycles.